The number of benzene rings is 1. The molecule has 2 saturated carbocycles. The largest absolute Gasteiger partial charge is 0.393 e. The van der Waals surface area contributed by atoms with E-state index in [2.05, 4.69) is 10.3 Å². The van der Waals surface area contributed by atoms with Crippen molar-refractivity contribution in [3.8, 4) is 0 Å². The average Bonchev–Trinajstić information content (AvgIpc) is 3.22. The Labute approximate surface area is 161 Å². The fourth-order valence-corrected chi connectivity index (χ4v) is 4.84. The lowest BCUT2D eigenvalue weighted by molar-refractivity contribution is 0.101. The molecule has 1 amide bonds. The summed E-state index contributed by atoms with van der Waals surface area (Å²) in [6.45, 7) is 0. The Morgan fingerprint density at radius 1 is 1.33 bits per heavy atom. The van der Waals surface area contributed by atoms with Gasteiger partial charge in [-0.2, -0.15) is 0 Å². The number of imidazole rings is 1. The van der Waals surface area contributed by atoms with E-state index in [1.165, 1.54) is 18.2 Å². The zero-order valence-corrected chi connectivity index (χ0v) is 15.7. The van der Waals surface area contributed by atoms with E-state index in [-0.39, 0.29) is 28.9 Å². The van der Waals surface area contributed by atoms with Gasteiger partial charge < -0.3 is 20.7 Å². The van der Waals surface area contributed by atoms with Crippen molar-refractivity contribution in [1.29, 1.82) is 0 Å². The molecule has 0 saturated heterocycles. The Morgan fingerprint density at radius 3 is 2.63 bits per heavy atom. The maximum atomic E-state index is 13.3. The van der Waals surface area contributed by atoms with Gasteiger partial charge >= 0.3 is 0 Å². The number of aliphatic hydroxyl groups is 1. The number of carbonyl (C=O) groups is 1. The van der Waals surface area contributed by atoms with Crippen LogP contribution in [0.5, 0.6) is 0 Å². The van der Waals surface area contributed by atoms with Gasteiger partial charge in [0, 0.05) is 18.7 Å². The van der Waals surface area contributed by atoms with Gasteiger partial charge in [0.1, 0.15) is 11.5 Å². The van der Waals surface area contributed by atoms with E-state index in [4.69, 9.17) is 17.3 Å². The lowest BCUT2D eigenvalue weighted by atomic mass is 9.97. The number of nitrogens with two attached hydrogens (primary N) is 1. The number of nitrogens with one attached hydrogen (secondary N) is 1. The fourth-order valence-electron chi connectivity index (χ4n) is 4.66. The molecule has 2 aliphatic rings. The predicted octanol–water partition coefficient (Wildman–Crippen LogP) is 3.31. The summed E-state index contributed by atoms with van der Waals surface area (Å²) >= 11 is 5.80. The number of anilines is 2. The van der Waals surface area contributed by atoms with Gasteiger partial charge in [-0.3, -0.25) is 4.79 Å². The van der Waals surface area contributed by atoms with E-state index < -0.39 is 5.82 Å². The van der Waals surface area contributed by atoms with Crippen molar-refractivity contribution in [3.63, 3.8) is 0 Å². The number of amides is 1. The molecule has 0 bridgehead atoms. The summed E-state index contributed by atoms with van der Waals surface area (Å²) in [6.07, 6.45) is 3.24. The minimum atomic E-state index is -0.542. The van der Waals surface area contributed by atoms with Crippen LogP contribution in [0.25, 0.3) is 0 Å². The van der Waals surface area contributed by atoms with Crippen molar-refractivity contribution in [1.82, 2.24) is 9.55 Å². The zero-order valence-electron chi connectivity index (χ0n) is 15.0. The highest BCUT2D eigenvalue weighted by Crippen LogP contribution is 2.51. The first-order valence-corrected chi connectivity index (χ1v) is 9.47. The highest BCUT2D eigenvalue weighted by molar-refractivity contribution is 6.31. The first kappa shape index (κ1) is 18.3. The van der Waals surface area contributed by atoms with Crippen LogP contribution in [0.15, 0.2) is 18.2 Å². The third-order valence-corrected chi connectivity index (χ3v) is 6.22. The van der Waals surface area contributed by atoms with Gasteiger partial charge in [0.15, 0.2) is 0 Å². The molecule has 1 aromatic carbocycles. The van der Waals surface area contributed by atoms with Crippen LogP contribution in [0.4, 0.5) is 16.0 Å². The van der Waals surface area contributed by atoms with Crippen molar-refractivity contribution in [3.05, 3.63) is 40.4 Å². The van der Waals surface area contributed by atoms with Crippen LogP contribution >= 0.6 is 11.6 Å². The Kier molecular flexibility index (Phi) is 4.60. The molecule has 2 aromatic rings. The number of hydrogen-bond donors (Lipinski definition) is 3. The van der Waals surface area contributed by atoms with Crippen molar-refractivity contribution < 1.29 is 14.3 Å². The third-order valence-electron chi connectivity index (χ3n) is 5.93. The van der Waals surface area contributed by atoms with Crippen LogP contribution in [-0.4, -0.2) is 26.7 Å². The second-order valence-electron chi connectivity index (χ2n) is 7.66. The van der Waals surface area contributed by atoms with E-state index >= 15 is 0 Å². The highest BCUT2D eigenvalue weighted by Gasteiger charge is 2.43. The van der Waals surface area contributed by atoms with E-state index in [0.717, 1.165) is 25.7 Å². The molecule has 8 heteroatoms. The van der Waals surface area contributed by atoms with Gasteiger partial charge in [0.2, 0.25) is 5.95 Å². The SMILES string of the molecule is Cn1c(N)nc(C2CC3CC(O)CC3C2)c1C(=O)Nc1ccc(F)c(Cl)c1. The van der Waals surface area contributed by atoms with Gasteiger partial charge in [0.25, 0.3) is 5.91 Å². The second kappa shape index (κ2) is 6.80. The molecule has 1 heterocycles. The Balaban J connectivity index is 1.59. The summed E-state index contributed by atoms with van der Waals surface area (Å²) in [6, 6.07) is 4.04. The minimum Gasteiger partial charge on any atom is -0.393 e. The lowest BCUT2D eigenvalue weighted by Crippen LogP contribution is -2.19. The maximum absolute atomic E-state index is 13.3. The monoisotopic (exact) mass is 392 g/mol. The molecule has 4 N–H and O–H groups in total. The normalized spacial score (nSPS) is 27.0. The molecule has 0 aliphatic heterocycles. The standard InChI is InChI=1S/C19H22ClFN4O2/c1-25-17(18(27)23-12-2-3-15(21)14(20)8-12)16(24-19(25)22)11-4-9-6-13(26)7-10(9)5-11/h2-3,8-11,13,26H,4-7H2,1H3,(H2,22,24)(H,23,27). The van der Waals surface area contributed by atoms with Crippen LogP contribution in [0.2, 0.25) is 5.02 Å². The number of fused-ring (bicyclic) bond motifs is 1. The van der Waals surface area contributed by atoms with E-state index in [0.29, 0.717) is 28.9 Å². The van der Waals surface area contributed by atoms with Crippen molar-refractivity contribution in [2.75, 3.05) is 11.1 Å². The Morgan fingerprint density at radius 2 is 2.00 bits per heavy atom. The molecular weight excluding hydrogens is 371 g/mol. The third kappa shape index (κ3) is 3.30. The zero-order chi connectivity index (χ0) is 19.3. The van der Waals surface area contributed by atoms with Crippen molar-refractivity contribution >= 4 is 29.1 Å². The molecule has 1 aromatic heterocycles. The van der Waals surface area contributed by atoms with E-state index in [1.807, 2.05) is 0 Å². The number of aliphatic hydroxyl groups excluding tert-OH is 1. The number of nitrogens with zero attached hydrogens (tertiary/aromatic N) is 2. The quantitative estimate of drug-likeness (QED) is 0.747. The van der Waals surface area contributed by atoms with Crippen molar-refractivity contribution in [2.24, 2.45) is 18.9 Å². The number of rotatable bonds is 3. The van der Waals surface area contributed by atoms with Crippen molar-refractivity contribution in [2.45, 2.75) is 37.7 Å². The molecule has 2 aliphatic carbocycles. The van der Waals surface area contributed by atoms with Crippen LogP contribution in [0.3, 0.4) is 0 Å². The first-order valence-electron chi connectivity index (χ1n) is 9.10. The molecule has 0 radical (unpaired) electrons. The molecule has 27 heavy (non-hydrogen) atoms. The topological polar surface area (TPSA) is 93.2 Å². The highest BCUT2D eigenvalue weighted by atomic mass is 35.5. The second-order valence-corrected chi connectivity index (χ2v) is 8.07. The molecule has 4 rings (SSSR count). The molecule has 144 valence electrons. The fraction of sp³-hybridized carbons (Fsp3) is 0.474. The van der Waals surface area contributed by atoms with E-state index in [9.17, 15) is 14.3 Å². The predicted molar refractivity (Wildman–Crippen MR) is 101 cm³/mol. The van der Waals surface area contributed by atoms with Gasteiger partial charge in [0.05, 0.1) is 16.8 Å². The Bertz CT molecular complexity index is 886. The first-order chi connectivity index (χ1) is 12.8. The van der Waals surface area contributed by atoms with Crippen LogP contribution in [0.1, 0.15) is 47.8 Å². The molecule has 0 spiro atoms. The smallest absolute Gasteiger partial charge is 0.274 e. The molecule has 2 fully saturated rings. The van der Waals surface area contributed by atoms with Gasteiger partial charge in [-0.1, -0.05) is 11.6 Å². The summed E-state index contributed by atoms with van der Waals surface area (Å²) in [5.41, 5.74) is 7.50. The summed E-state index contributed by atoms with van der Waals surface area (Å²) < 4.78 is 14.9. The summed E-state index contributed by atoms with van der Waals surface area (Å²) in [5.74, 6) is 0.481. The van der Waals surface area contributed by atoms with Gasteiger partial charge in [-0.05, 0) is 55.7 Å². The number of carbonyl (C=O) groups excluding carboxylic acids is 1. The van der Waals surface area contributed by atoms with Crippen LogP contribution in [-0.2, 0) is 7.05 Å². The molecular formula is C19H22ClFN4O2. The number of hydrogen-bond acceptors (Lipinski definition) is 4. The summed E-state index contributed by atoms with van der Waals surface area (Å²) in [7, 11) is 1.71. The minimum absolute atomic E-state index is 0.0558. The maximum Gasteiger partial charge on any atom is 0.274 e. The molecule has 2 atom stereocenters. The van der Waals surface area contributed by atoms with Crippen LogP contribution < -0.4 is 11.1 Å². The average molecular weight is 393 g/mol. The Hall–Kier alpha value is -2.12. The van der Waals surface area contributed by atoms with Gasteiger partial charge in [-0.25, -0.2) is 9.37 Å². The van der Waals surface area contributed by atoms with E-state index in [1.54, 1.807) is 11.6 Å². The van der Waals surface area contributed by atoms with Gasteiger partial charge in [-0.15, -0.1) is 0 Å². The molecule has 6 nitrogen and oxygen atoms in total. The summed E-state index contributed by atoms with van der Waals surface area (Å²) in [4.78, 5) is 17.4. The van der Waals surface area contributed by atoms with Crippen LogP contribution in [0, 0.1) is 17.7 Å². The summed E-state index contributed by atoms with van der Waals surface area (Å²) in [5, 5.41) is 12.5. The molecule has 2 unspecified atom stereocenters. The lowest BCUT2D eigenvalue weighted by Gasteiger charge is -2.13. The number of halogens is 2. The number of nitrogen functional groups attached to an aromatic ring is 1. The number of aromatic nitrogens is 2.